The fraction of sp³-hybridized carbons (Fsp3) is 0.222. The van der Waals surface area contributed by atoms with Crippen LogP contribution in [0.4, 0.5) is 11.4 Å². The van der Waals surface area contributed by atoms with Crippen LogP contribution in [0.25, 0.3) is 0 Å². The van der Waals surface area contributed by atoms with Crippen molar-refractivity contribution in [3.05, 3.63) is 54.1 Å². The molecule has 2 aromatic rings. The van der Waals surface area contributed by atoms with Gasteiger partial charge in [-0.1, -0.05) is 12.1 Å². The number of hydrogen-bond donors (Lipinski definition) is 1. The zero-order valence-electron chi connectivity index (χ0n) is 13.1. The normalized spacial score (nSPS) is 16.3. The summed E-state index contributed by atoms with van der Waals surface area (Å²) in [5.74, 6) is 0.497. The minimum absolute atomic E-state index is 0.0487. The van der Waals surface area contributed by atoms with Gasteiger partial charge in [0.25, 0.3) is 5.91 Å². The standard InChI is InChI=1S/C18H18N2O3/c1-12-11-23-17-6-4-3-5-16(17)20(12)18(22)14-7-9-15(10-8-14)19-13(2)21/h3-10,12H,11H2,1-2H3,(H,19,21). The van der Waals surface area contributed by atoms with Gasteiger partial charge in [0, 0.05) is 18.2 Å². The minimum Gasteiger partial charge on any atom is -0.489 e. The number of para-hydroxylation sites is 2. The van der Waals surface area contributed by atoms with Crippen LogP contribution in [-0.2, 0) is 4.79 Å². The lowest BCUT2D eigenvalue weighted by Crippen LogP contribution is -2.45. The lowest BCUT2D eigenvalue weighted by Gasteiger charge is -2.35. The molecule has 0 spiro atoms. The second-order valence-electron chi connectivity index (χ2n) is 5.56. The van der Waals surface area contributed by atoms with Gasteiger partial charge in [-0.2, -0.15) is 0 Å². The van der Waals surface area contributed by atoms with Crippen molar-refractivity contribution in [2.45, 2.75) is 19.9 Å². The summed E-state index contributed by atoms with van der Waals surface area (Å²) in [5, 5.41) is 2.69. The first-order chi connectivity index (χ1) is 11.1. The van der Waals surface area contributed by atoms with Crippen molar-refractivity contribution in [2.24, 2.45) is 0 Å². The van der Waals surface area contributed by atoms with Crippen LogP contribution in [0.2, 0.25) is 0 Å². The lowest BCUT2D eigenvalue weighted by molar-refractivity contribution is -0.114. The van der Waals surface area contributed by atoms with Crippen LogP contribution in [0.3, 0.4) is 0 Å². The summed E-state index contributed by atoms with van der Waals surface area (Å²) in [6.45, 7) is 3.87. The fourth-order valence-electron chi connectivity index (χ4n) is 2.65. The van der Waals surface area contributed by atoms with Crippen molar-refractivity contribution in [1.29, 1.82) is 0 Å². The molecule has 3 rings (SSSR count). The summed E-state index contributed by atoms with van der Waals surface area (Å²) in [4.78, 5) is 25.7. The Kier molecular flexibility index (Phi) is 4.02. The molecular formula is C18H18N2O3. The van der Waals surface area contributed by atoms with Crippen LogP contribution in [0.1, 0.15) is 24.2 Å². The van der Waals surface area contributed by atoms with E-state index in [4.69, 9.17) is 4.74 Å². The molecule has 0 bridgehead atoms. The van der Waals surface area contributed by atoms with Gasteiger partial charge in [-0.05, 0) is 43.3 Å². The predicted molar refractivity (Wildman–Crippen MR) is 89.0 cm³/mol. The molecule has 0 radical (unpaired) electrons. The summed E-state index contributed by atoms with van der Waals surface area (Å²) in [6, 6.07) is 14.4. The van der Waals surface area contributed by atoms with Crippen molar-refractivity contribution >= 4 is 23.2 Å². The van der Waals surface area contributed by atoms with E-state index in [0.29, 0.717) is 23.6 Å². The van der Waals surface area contributed by atoms with E-state index in [1.807, 2.05) is 31.2 Å². The largest absolute Gasteiger partial charge is 0.489 e. The molecule has 5 nitrogen and oxygen atoms in total. The molecule has 2 amide bonds. The Balaban J connectivity index is 1.89. The smallest absolute Gasteiger partial charge is 0.258 e. The highest BCUT2D eigenvalue weighted by Crippen LogP contribution is 2.34. The van der Waals surface area contributed by atoms with E-state index in [1.165, 1.54) is 6.92 Å². The predicted octanol–water partition coefficient (Wildman–Crippen LogP) is 3.07. The Morgan fingerprint density at radius 3 is 2.52 bits per heavy atom. The number of anilines is 2. The average Bonchev–Trinajstić information content (AvgIpc) is 2.54. The van der Waals surface area contributed by atoms with Crippen LogP contribution >= 0.6 is 0 Å². The van der Waals surface area contributed by atoms with E-state index in [1.54, 1.807) is 29.2 Å². The van der Waals surface area contributed by atoms with Crippen molar-refractivity contribution in [1.82, 2.24) is 0 Å². The number of carbonyl (C=O) groups excluding carboxylic acids is 2. The number of hydrogen-bond acceptors (Lipinski definition) is 3. The molecule has 1 aliphatic heterocycles. The highest BCUT2D eigenvalue weighted by Gasteiger charge is 2.29. The SMILES string of the molecule is CC(=O)Nc1ccc(C(=O)N2c3ccccc3OCC2C)cc1. The number of carbonyl (C=O) groups is 2. The second-order valence-corrected chi connectivity index (χ2v) is 5.56. The molecule has 0 saturated carbocycles. The first kappa shape index (κ1) is 15.1. The summed E-state index contributed by atoms with van der Waals surface area (Å²) < 4.78 is 5.67. The summed E-state index contributed by atoms with van der Waals surface area (Å²) in [6.07, 6.45) is 0. The van der Waals surface area contributed by atoms with Gasteiger partial charge >= 0.3 is 0 Å². The molecule has 2 aromatic carbocycles. The molecule has 1 N–H and O–H groups in total. The number of nitrogens with zero attached hydrogens (tertiary/aromatic N) is 1. The fourth-order valence-corrected chi connectivity index (χ4v) is 2.65. The topological polar surface area (TPSA) is 58.6 Å². The molecule has 0 aromatic heterocycles. The van der Waals surface area contributed by atoms with Crippen molar-refractivity contribution in [2.75, 3.05) is 16.8 Å². The number of nitrogens with one attached hydrogen (secondary N) is 1. The molecule has 0 fully saturated rings. The van der Waals surface area contributed by atoms with E-state index in [-0.39, 0.29) is 17.9 Å². The van der Waals surface area contributed by atoms with Gasteiger partial charge < -0.3 is 10.1 Å². The van der Waals surface area contributed by atoms with Crippen molar-refractivity contribution < 1.29 is 14.3 Å². The average molecular weight is 310 g/mol. The van der Waals surface area contributed by atoms with Crippen molar-refractivity contribution in [3.63, 3.8) is 0 Å². The number of fused-ring (bicyclic) bond motifs is 1. The van der Waals surface area contributed by atoms with E-state index in [9.17, 15) is 9.59 Å². The summed E-state index contributed by atoms with van der Waals surface area (Å²) in [7, 11) is 0. The van der Waals surface area contributed by atoms with Gasteiger partial charge in [0.05, 0.1) is 11.7 Å². The molecule has 118 valence electrons. The number of rotatable bonds is 2. The minimum atomic E-state index is -0.139. The number of ether oxygens (including phenoxy) is 1. The van der Waals surface area contributed by atoms with E-state index in [2.05, 4.69) is 5.32 Å². The zero-order valence-corrected chi connectivity index (χ0v) is 13.1. The third-order valence-electron chi connectivity index (χ3n) is 3.72. The second kappa shape index (κ2) is 6.12. The Morgan fingerprint density at radius 2 is 1.83 bits per heavy atom. The lowest BCUT2D eigenvalue weighted by atomic mass is 10.1. The highest BCUT2D eigenvalue weighted by molar-refractivity contribution is 6.07. The van der Waals surface area contributed by atoms with Crippen LogP contribution < -0.4 is 15.0 Å². The third-order valence-corrected chi connectivity index (χ3v) is 3.72. The van der Waals surface area contributed by atoms with Gasteiger partial charge in [0.15, 0.2) is 0 Å². The molecule has 1 atom stereocenters. The summed E-state index contributed by atoms with van der Waals surface area (Å²) >= 11 is 0. The van der Waals surface area contributed by atoms with Gasteiger partial charge in [0.1, 0.15) is 12.4 Å². The molecule has 1 heterocycles. The Hall–Kier alpha value is -2.82. The monoisotopic (exact) mass is 310 g/mol. The third kappa shape index (κ3) is 3.04. The molecule has 23 heavy (non-hydrogen) atoms. The van der Waals surface area contributed by atoms with E-state index >= 15 is 0 Å². The first-order valence-corrected chi connectivity index (χ1v) is 7.49. The maximum atomic E-state index is 12.9. The van der Waals surface area contributed by atoms with E-state index in [0.717, 1.165) is 5.69 Å². The summed E-state index contributed by atoms with van der Waals surface area (Å²) in [5.41, 5.74) is 2.02. The molecule has 1 unspecified atom stereocenters. The highest BCUT2D eigenvalue weighted by atomic mass is 16.5. The van der Waals surface area contributed by atoms with Crippen LogP contribution in [0.15, 0.2) is 48.5 Å². The number of amides is 2. The molecule has 5 heteroatoms. The van der Waals surface area contributed by atoms with Gasteiger partial charge in [0.2, 0.25) is 5.91 Å². The Bertz CT molecular complexity index is 740. The molecule has 1 aliphatic rings. The van der Waals surface area contributed by atoms with Gasteiger partial charge in [-0.15, -0.1) is 0 Å². The van der Waals surface area contributed by atoms with Gasteiger partial charge in [-0.3, -0.25) is 14.5 Å². The van der Waals surface area contributed by atoms with Crippen molar-refractivity contribution in [3.8, 4) is 5.75 Å². The molecular weight excluding hydrogens is 292 g/mol. The molecule has 0 aliphatic carbocycles. The van der Waals surface area contributed by atoms with E-state index < -0.39 is 0 Å². The maximum absolute atomic E-state index is 12.9. The van der Waals surface area contributed by atoms with Crippen LogP contribution in [0.5, 0.6) is 5.75 Å². The zero-order chi connectivity index (χ0) is 16.4. The van der Waals surface area contributed by atoms with Crippen LogP contribution in [-0.4, -0.2) is 24.5 Å². The maximum Gasteiger partial charge on any atom is 0.258 e. The Morgan fingerprint density at radius 1 is 1.13 bits per heavy atom. The van der Waals surface area contributed by atoms with Crippen LogP contribution in [0, 0.1) is 0 Å². The number of benzene rings is 2. The molecule has 0 saturated heterocycles. The Labute approximate surface area is 134 Å². The first-order valence-electron chi connectivity index (χ1n) is 7.49. The van der Waals surface area contributed by atoms with Gasteiger partial charge in [-0.25, -0.2) is 0 Å². The quantitative estimate of drug-likeness (QED) is 0.927.